The lowest BCUT2D eigenvalue weighted by Gasteiger charge is -2.17. The Morgan fingerprint density at radius 1 is 1.31 bits per heavy atom. The molecule has 8 heteroatoms. The summed E-state index contributed by atoms with van der Waals surface area (Å²) in [4.78, 5) is 20.3. The van der Waals surface area contributed by atoms with Gasteiger partial charge in [-0.3, -0.25) is 4.79 Å². The predicted octanol–water partition coefficient (Wildman–Crippen LogP) is 4.44. The maximum atomic E-state index is 13.6. The molecule has 0 radical (unpaired) electrons. The van der Waals surface area contributed by atoms with Gasteiger partial charge in [-0.05, 0) is 37.1 Å². The van der Waals surface area contributed by atoms with Crippen molar-refractivity contribution in [3.63, 3.8) is 0 Å². The SMILES string of the molecule is CS/C=C/[C@@H](C)NC(=O)c1ncc(N[C@@H](C)c2cccc(F)c2Cl)cn1. The molecule has 5 nitrogen and oxygen atoms in total. The highest BCUT2D eigenvalue weighted by molar-refractivity contribution is 8.01. The van der Waals surface area contributed by atoms with Crippen LogP contribution in [0.15, 0.2) is 42.1 Å². The summed E-state index contributed by atoms with van der Waals surface area (Å²) in [6.07, 6.45) is 6.84. The van der Waals surface area contributed by atoms with Gasteiger partial charge in [-0.15, -0.1) is 11.8 Å². The molecule has 2 rings (SSSR count). The number of halogens is 2. The summed E-state index contributed by atoms with van der Waals surface area (Å²) < 4.78 is 13.6. The minimum atomic E-state index is -0.467. The zero-order chi connectivity index (χ0) is 19.1. The van der Waals surface area contributed by atoms with E-state index in [0.717, 1.165) is 0 Å². The number of carbonyl (C=O) groups excluding carboxylic acids is 1. The number of anilines is 1. The molecule has 1 aromatic heterocycles. The Balaban J connectivity index is 2.01. The van der Waals surface area contributed by atoms with Crippen LogP contribution in [-0.2, 0) is 0 Å². The van der Waals surface area contributed by atoms with Crippen LogP contribution in [0, 0.1) is 5.82 Å². The second kappa shape index (κ2) is 9.54. The minimum Gasteiger partial charge on any atom is -0.376 e. The molecule has 0 aliphatic rings. The second-order valence-electron chi connectivity index (χ2n) is 5.63. The van der Waals surface area contributed by atoms with Crippen molar-refractivity contribution < 1.29 is 9.18 Å². The monoisotopic (exact) mass is 394 g/mol. The van der Waals surface area contributed by atoms with Crippen molar-refractivity contribution in [1.82, 2.24) is 15.3 Å². The molecule has 0 bridgehead atoms. The zero-order valence-electron chi connectivity index (χ0n) is 14.7. The van der Waals surface area contributed by atoms with Crippen molar-refractivity contribution in [2.75, 3.05) is 11.6 Å². The molecule has 26 heavy (non-hydrogen) atoms. The van der Waals surface area contributed by atoms with Gasteiger partial charge in [-0.25, -0.2) is 14.4 Å². The molecule has 0 saturated carbocycles. The highest BCUT2D eigenvalue weighted by Crippen LogP contribution is 2.27. The van der Waals surface area contributed by atoms with E-state index in [1.165, 1.54) is 18.5 Å². The fourth-order valence-corrected chi connectivity index (χ4v) is 2.90. The van der Waals surface area contributed by atoms with Crippen LogP contribution in [0.3, 0.4) is 0 Å². The summed E-state index contributed by atoms with van der Waals surface area (Å²) in [5.41, 5.74) is 1.23. The lowest BCUT2D eigenvalue weighted by Crippen LogP contribution is -2.32. The third-order valence-electron chi connectivity index (χ3n) is 3.55. The number of aromatic nitrogens is 2. The maximum Gasteiger partial charge on any atom is 0.289 e. The van der Waals surface area contributed by atoms with Crippen LogP contribution in [0.5, 0.6) is 0 Å². The Hall–Kier alpha value is -2.12. The Morgan fingerprint density at radius 3 is 2.65 bits per heavy atom. The normalized spacial score (nSPS) is 13.4. The Kier molecular flexibility index (Phi) is 7.41. The maximum absolute atomic E-state index is 13.6. The van der Waals surface area contributed by atoms with E-state index < -0.39 is 5.82 Å². The number of nitrogens with zero attached hydrogens (tertiary/aromatic N) is 2. The molecule has 1 amide bonds. The van der Waals surface area contributed by atoms with E-state index in [4.69, 9.17) is 11.6 Å². The lowest BCUT2D eigenvalue weighted by molar-refractivity contribution is 0.0936. The largest absolute Gasteiger partial charge is 0.376 e. The van der Waals surface area contributed by atoms with Crippen molar-refractivity contribution in [2.24, 2.45) is 0 Å². The predicted molar refractivity (Wildman–Crippen MR) is 105 cm³/mol. The van der Waals surface area contributed by atoms with E-state index in [2.05, 4.69) is 20.6 Å². The summed E-state index contributed by atoms with van der Waals surface area (Å²) in [6.45, 7) is 3.71. The van der Waals surface area contributed by atoms with Crippen molar-refractivity contribution in [3.8, 4) is 0 Å². The number of thioether (sulfide) groups is 1. The molecule has 1 heterocycles. The average Bonchev–Trinajstić information content (AvgIpc) is 2.62. The number of benzene rings is 1. The van der Waals surface area contributed by atoms with Gasteiger partial charge in [0.25, 0.3) is 5.91 Å². The van der Waals surface area contributed by atoms with E-state index in [0.29, 0.717) is 11.3 Å². The molecule has 0 aliphatic carbocycles. The summed E-state index contributed by atoms with van der Waals surface area (Å²) in [6, 6.07) is 4.29. The third-order valence-corrected chi connectivity index (χ3v) is 4.38. The van der Waals surface area contributed by atoms with Crippen molar-refractivity contribution in [2.45, 2.75) is 25.9 Å². The molecule has 0 saturated heterocycles. The molecule has 2 aromatic rings. The van der Waals surface area contributed by atoms with Crippen LogP contribution in [0.1, 0.15) is 36.1 Å². The van der Waals surface area contributed by atoms with E-state index in [1.807, 2.05) is 31.6 Å². The van der Waals surface area contributed by atoms with Crippen LogP contribution in [0.2, 0.25) is 5.02 Å². The van der Waals surface area contributed by atoms with Crippen LogP contribution in [-0.4, -0.2) is 28.2 Å². The quantitative estimate of drug-likeness (QED) is 0.726. The van der Waals surface area contributed by atoms with Gasteiger partial charge in [0.2, 0.25) is 5.82 Å². The van der Waals surface area contributed by atoms with E-state index in [9.17, 15) is 9.18 Å². The van der Waals surface area contributed by atoms with Crippen LogP contribution in [0.4, 0.5) is 10.1 Å². The lowest BCUT2D eigenvalue weighted by atomic mass is 10.1. The van der Waals surface area contributed by atoms with E-state index in [-0.39, 0.29) is 28.8 Å². The number of hydrogen-bond donors (Lipinski definition) is 2. The van der Waals surface area contributed by atoms with E-state index >= 15 is 0 Å². The number of hydrogen-bond acceptors (Lipinski definition) is 5. The first-order valence-electron chi connectivity index (χ1n) is 7.95. The van der Waals surface area contributed by atoms with Crippen LogP contribution >= 0.6 is 23.4 Å². The van der Waals surface area contributed by atoms with Gasteiger partial charge in [0.1, 0.15) is 5.82 Å². The van der Waals surface area contributed by atoms with Gasteiger partial charge >= 0.3 is 0 Å². The first-order valence-corrected chi connectivity index (χ1v) is 9.61. The van der Waals surface area contributed by atoms with Crippen LogP contribution < -0.4 is 10.6 Å². The third kappa shape index (κ3) is 5.44. The highest BCUT2D eigenvalue weighted by atomic mass is 35.5. The van der Waals surface area contributed by atoms with Crippen molar-refractivity contribution in [1.29, 1.82) is 0 Å². The molecule has 2 atom stereocenters. The zero-order valence-corrected chi connectivity index (χ0v) is 16.2. The molecule has 0 unspecified atom stereocenters. The van der Waals surface area contributed by atoms with Crippen molar-refractivity contribution in [3.05, 3.63) is 64.3 Å². The number of amides is 1. The minimum absolute atomic E-state index is 0.0800. The second-order valence-corrected chi connectivity index (χ2v) is 6.75. The molecular weight excluding hydrogens is 375 g/mol. The number of nitrogens with one attached hydrogen (secondary N) is 2. The molecule has 1 aromatic carbocycles. The molecule has 0 spiro atoms. The molecule has 138 valence electrons. The Morgan fingerprint density at radius 2 is 2.00 bits per heavy atom. The molecule has 0 fully saturated rings. The fourth-order valence-electron chi connectivity index (χ4n) is 2.22. The standard InChI is InChI=1S/C18H20ClFN4OS/c1-11(7-8-26-3)23-18(25)17-21-9-13(10-22-17)24-12(2)14-5-4-6-15(20)16(14)19/h4-12,24H,1-3H3,(H,23,25)/b8-7+/t11-,12+/m1/s1. The number of carbonyl (C=O) groups is 1. The Labute approximate surface area is 161 Å². The van der Waals surface area contributed by atoms with Crippen molar-refractivity contribution >= 4 is 35.0 Å². The molecule has 2 N–H and O–H groups in total. The summed E-state index contributed by atoms with van der Waals surface area (Å²) in [5.74, 6) is -0.738. The van der Waals surface area contributed by atoms with Gasteiger partial charge in [0, 0.05) is 6.04 Å². The van der Waals surface area contributed by atoms with Gasteiger partial charge in [0.05, 0.1) is 29.1 Å². The summed E-state index contributed by atoms with van der Waals surface area (Å²) in [5, 5.41) is 7.91. The highest BCUT2D eigenvalue weighted by Gasteiger charge is 2.14. The molecular formula is C18H20ClFN4OS. The topological polar surface area (TPSA) is 66.9 Å². The molecule has 0 aliphatic heterocycles. The first-order chi connectivity index (χ1) is 12.4. The summed E-state index contributed by atoms with van der Waals surface area (Å²) in [7, 11) is 0. The Bertz CT molecular complexity index is 785. The first kappa shape index (κ1) is 20.2. The van der Waals surface area contributed by atoms with Gasteiger partial charge < -0.3 is 10.6 Å². The smallest absolute Gasteiger partial charge is 0.289 e. The average molecular weight is 395 g/mol. The fraction of sp³-hybridized carbons (Fsp3) is 0.278. The van der Waals surface area contributed by atoms with Gasteiger partial charge in [-0.2, -0.15) is 0 Å². The summed E-state index contributed by atoms with van der Waals surface area (Å²) >= 11 is 7.56. The van der Waals surface area contributed by atoms with Gasteiger partial charge in [-0.1, -0.05) is 29.8 Å². The van der Waals surface area contributed by atoms with E-state index in [1.54, 1.807) is 23.9 Å². The number of rotatable bonds is 7. The van der Waals surface area contributed by atoms with Crippen LogP contribution in [0.25, 0.3) is 0 Å². The van der Waals surface area contributed by atoms with Gasteiger partial charge in [0.15, 0.2) is 0 Å².